The van der Waals surface area contributed by atoms with E-state index in [-0.39, 0.29) is 24.1 Å². The van der Waals surface area contributed by atoms with Crippen LogP contribution in [0.15, 0.2) is 42.9 Å². The van der Waals surface area contributed by atoms with Gasteiger partial charge in [-0.05, 0) is 62.8 Å². The molecule has 8 nitrogen and oxygen atoms in total. The summed E-state index contributed by atoms with van der Waals surface area (Å²) in [4.78, 5) is 10.6. The van der Waals surface area contributed by atoms with Gasteiger partial charge >= 0.3 is 0 Å². The monoisotopic (exact) mass is 610 g/mol. The van der Waals surface area contributed by atoms with Crippen molar-refractivity contribution in [3.8, 4) is 17.0 Å². The normalized spacial score (nSPS) is 23.2. The maximum absolute atomic E-state index is 15.7. The van der Waals surface area contributed by atoms with Crippen LogP contribution < -0.4 is 15.4 Å². The lowest BCUT2D eigenvalue weighted by atomic mass is 9.92. The number of ether oxygens (including phenoxy) is 2. The third kappa shape index (κ3) is 5.21. The Bertz CT molecular complexity index is 1600. The molecule has 7 rings (SSSR count). The molecule has 3 aromatic heterocycles. The van der Waals surface area contributed by atoms with E-state index in [4.69, 9.17) is 43.5 Å². The van der Waals surface area contributed by atoms with E-state index < -0.39 is 6.10 Å². The molecular formula is C31H33Cl2FN6O2. The number of nitrogens with zero attached hydrogens (tertiary/aromatic N) is 5. The summed E-state index contributed by atoms with van der Waals surface area (Å²) in [5.41, 5.74) is 9.03. The molecule has 5 heterocycles. The van der Waals surface area contributed by atoms with Crippen molar-refractivity contribution in [2.75, 3.05) is 18.1 Å². The first-order valence-corrected chi connectivity index (χ1v) is 15.4. The molecule has 0 radical (unpaired) electrons. The molecule has 2 saturated heterocycles. The predicted octanol–water partition coefficient (Wildman–Crippen LogP) is 7.09. The number of pyridine rings is 2. The third-order valence-electron chi connectivity index (χ3n) is 8.66. The minimum absolute atomic E-state index is 0.0549. The number of fused-ring (bicyclic) bond motifs is 1. The Morgan fingerprint density at radius 3 is 2.62 bits per heavy atom. The first-order chi connectivity index (χ1) is 20.4. The number of hydrogen-bond acceptors (Lipinski definition) is 7. The zero-order chi connectivity index (χ0) is 29.0. The SMILES string of the molecule is C[C@@H](Oc1ccc2c(c1)c(-c1cnc(N3CC(N)C3CC3CC3)c(F)c1)nn2C1CCCCO1)c1c(Cl)cncc1Cl. The molecule has 3 fully saturated rings. The van der Waals surface area contributed by atoms with E-state index in [1.54, 1.807) is 18.6 Å². The zero-order valence-corrected chi connectivity index (χ0v) is 24.9. The summed E-state index contributed by atoms with van der Waals surface area (Å²) < 4.78 is 30.0. The Morgan fingerprint density at radius 1 is 1.12 bits per heavy atom. The van der Waals surface area contributed by atoms with Crippen molar-refractivity contribution in [3.05, 3.63) is 64.3 Å². The van der Waals surface area contributed by atoms with Crippen LogP contribution >= 0.6 is 23.2 Å². The third-order valence-corrected chi connectivity index (χ3v) is 9.26. The number of benzene rings is 1. The molecule has 11 heteroatoms. The highest BCUT2D eigenvalue weighted by Gasteiger charge is 2.41. The number of anilines is 1. The predicted molar refractivity (Wildman–Crippen MR) is 162 cm³/mol. The Hall–Kier alpha value is -2.98. The molecule has 0 spiro atoms. The Balaban J connectivity index is 1.24. The maximum Gasteiger partial charge on any atom is 0.166 e. The van der Waals surface area contributed by atoms with Gasteiger partial charge < -0.3 is 20.1 Å². The van der Waals surface area contributed by atoms with Gasteiger partial charge in [-0.15, -0.1) is 0 Å². The van der Waals surface area contributed by atoms with Crippen molar-refractivity contribution in [1.82, 2.24) is 19.7 Å². The van der Waals surface area contributed by atoms with Crippen molar-refractivity contribution in [2.24, 2.45) is 11.7 Å². The molecule has 4 atom stereocenters. The molecule has 0 bridgehead atoms. The van der Waals surface area contributed by atoms with Crippen LogP contribution in [0.5, 0.6) is 5.75 Å². The van der Waals surface area contributed by atoms with Gasteiger partial charge in [-0.25, -0.2) is 14.1 Å². The first-order valence-electron chi connectivity index (χ1n) is 14.6. The molecule has 0 amide bonds. The van der Waals surface area contributed by atoms with Crippen molar-refractivity contribution < 1.29 is 13.9 Å². The molecule has 2 aliphatic heterocycles. The fraction of sp³-hybridized carbons (Fsp3) is 0.452. The second kappa shape index (κ2) is 11.3. The quantitative estimate of drug-likeness (QED) is 0.227. The zero-order valence-electron chi connectivity index (χ0n) is 23.3. The highest BCUT2D eigenvalue weighted by molar-refractivity contribution is 6.35. The number of aromatic nitrogens is 4. The molecular weight excluding hydrogens is 578 g/mol. The second-order valence-corrected chi connectivity index (χ2v) is 12.5. The summed E-state index contributed by atoms with van der Waals surface area (Å²) in [6.45, 7) is 3.17. The first kappa shape index (κ1) is 27.8. The molecule has 220 valence electrons. The highest BCUT2D eigenvalue weighted by Crippen LogP contribution is 2.41. The van der Waals surface area contributed by atoms with E-state index >= 15 is 4.39 Å². The van der Waals surface area contributed by atoms with Crippen LogP contribution in [0.4, 0.5) is 10.2 Å². The lowest BCUT2D eigenvalue weighted by Crippen LogP contribution is -2.65. The van der Waals surface area contributed by atoms with E-state index in [1.165, 1.54) is 18.9 Å². The number of nitrogens with two attached hydrogens (primary N) is 1. The summed E-state index contributed by atoms with van der Waals surface area (Å²) >= 11 is 12.8. The van der Waals surface area contributed by atoms with Gasteiger partial charge in [-0.1, -0.05) is 36.0 Å². The fourth-order valence-electron chi connectivity index (χ4n) is 6.21. The van der Waals surface area contributed by atoms with Crippen LogP contribution in [0.25, 0.3) is 22.2 Å². The van der Waals surface area contributed by atoms with Gasteiger partial charge in [0, 0.05) is 60.3 Å². The molecule has 3 unspecified atom stereocenters. The Morgan fingerprint density at radius 2 is 1.93 bits per heavy atom. The van der Waals surface area contributed by atoms with Gasteiger partial charge in [0.2, 0.25) is 0 Å². The second-order valence-electron chi connectivity index (χ2n) is 11.7. The van der Waals surface area contributed by atoms with E-state index in [9.17, 15) is 0 Å². The number of hydrogen-bond donors (Lipinski definition) is 1. The topological polar surface area (TPSA) is 91.3 Å². The van der Waals surface area contributed by atoms with Crippen LogP contribution in [-0.2, 0) is 4.74 Å². The summed E-state index contributed by atoms with van der Waals surface area (Å²) in [5.74, 6) is 1.29. The summed E-state index contributed by atoms with van der Waals surface area (Å²) in [5, 5.41) is 6.64. The number of rotatable bonds is 8. The maximum atomic E-state index is 15.7. The smallest absolute Gasteiger partial charge is 0.166 e. The lowest BCUT2D eigenvalue weighted by molar-refractivity contribution is -0.0365. The molecule has 1 aliphatic carbocycles. The van der Waals surface area contributed by atoms with Crippen LogP contribution in [0.3, 0.4) is 0 Å². The van der Waals surface area contributed by atoms with Crippen molar-refractivity contribution in [3.63, 3.8) is 0 Å². The average Bonchev–Trinajstić information content (AvgIpc) is 3.73. The highest BCUT2D eigenvalue weighted by atomic mass is 35.5. The van der Waals surface area contributed by atoms with Crippen LogP contribution in [0, 0.1) is 11.7 Å². The molecule has 4 aromatic rings. The van der Waals surface area contributed by atoms with Gasteiger partial charge in [0.25, 0.3) is 0 Å². The van der Waals surface area contributed by atoms with E-state index in [0.29, 0.717) is 57.5 Å². The number of halogens is 3. The van der Waals surface area contributed by atoms with Crippen molar-refractivity contribution in [1.29, 1.82) is 0 Å². The molecule has 2 N–H and O–H groups in total. The summed E-state index contributed by atoms with van der Waals surface area (Å²) in [6, 6.07) is 7.49. The van der Waals surface area contributed by atoms with E-state index in [2.05, 4.69) is 9.97 Å². The minimum Gasteiger partial charge on any atom is -0.486 e. The summed E-state index contributed by atoms with van der Waals surface area (Å²) in [7, 11) is 0. The average molecular weight is 612 g/mol. The Labute approximate surface area is 253 Å². The van der Waals surface area contributed by atoms with Crippen molar-refractivity contribution >= 4 is 39.9 Å². The van der Waals surface area contributed by atoms with E-state index in [1.807, 2.05) is 34.7 Å². The van der Waals surface area contributed by atoms with E-state index in [0.717, 1.165) is 36.6 Å². The van der Waals surface area contributed by atoms with Gasteiger partial charge in [-0.3, -0.25) is 4.98 Å². The minimum atomic E-state index is -0.435. The summed E-state index contributed by atoms with van der Waals surface area (Å²) in [6.07, 6.45) is 10.6. The van der Waals surface area contributed by atoms with Crippen LogP contribution in [0.2, 0.25) is 10.0 Å². The largest absolute Gasteiger partial charge is 0.486 e. The Kier molecular flexibility index (Phi) is 7.46. The lowest BCUT2D eigenvalue weighted by Gasteiger charge is -2.47. The molecule has 1 saturated carbocycles. The van der Waals surface area contributed by atoms with Gasteiger partial charge in [0.05, 0.1) is 15.6 Å². The van der Waals surface area contributed by atoms with Crippen LogP contribution in [-0.4, -0.2) is 45.0 Å². The molecule has 1 aromatic carbocycles. The molecule has 3 aliphatic rings. The molecule has 42 heavy (non-hydrogen) atoms. The van der Waals surface area contributed by atoms with Gasteiger partial charge in [0.1, 0.15) is 17.5 Å². The van der Waals surface area contributed by atoms with Gasteiger partial charge in [-0.2, -0.15) is 5.10 Å². The van der Waals surface area contributed by atoms with Crippen LogP contribution in [0.1, 0.15) is 63.3 Å². The fourth-order valence-corrected chi connectivity index (χ4v) is 6.88. The van der Waals surface area contributed by atoms with Gasteiger partial charge in [0.15, 0.2) is 17.9 Å². The standard InChI is InChI=1S/C31H33Cl2FN6O2/c1-17(29-22(32)14-36-15-23(29)33)42-20-7-8-26-21(12-20)30(38-40(26)28-4-2-3-9-41-28)19-11-24(34)31(37-13-19)39-16-25(35)27(39)10-18-5-6-18/h7-8,11-15,17-18,25,27-28H,2-6,9-10,16,35H2,1H3/t17-,25?,27?,28?/m1/s1. The van der Waals surface area contributed by atoms with Crippen molar-refractivity contribution in [2.45, 2.75) is 69.9 Å².